The number of hydrogen-bond acceptors (Lipinski definition) is 3. The first-order valence-corrected chi connectivity index (χ1v) is 10.3. The Hall–Kier alpha value is -1.000. The summed E-state index contributed by atoms with van der Waals surface area (Å²) >= 11 is 0. The molecule has 1 saturated heterocycles. The quantitative estimate of drug-likeness (QED) is 0.224. The van der Waals surface area contributed by atoms with Gasteiger partial charge in [-0.25, -0.2) is 8.78 Å². The Morgan fingerprint density at radius 3 is 2.66 bits per heavy atom. The summed E-state index contributed by atoms with van der Waals surface area (Å²) in [7, 11) is 0. The van der Waals surface area contributed by atoms with Crippen LogP contribution < -0.4 is 10.6 Å². The van der Waals surface area contributed by atoms with E-state index in [4.69, 9.17) is 9.47 Å². The zero-order chi connectivity index (χ0) is 19.8. The first-order valence-electron chi connectivity index (χ1n) is 10.3. The van der Waals surface area contributed by atoms with Gasteiger partial charge >= 0.3 is 0 Å². The second kappa shape index (κ2) is 12.6. The van der Waals surface area contributed by atoms with Crippen LogP contribution in [0.15, 0.2) is 23.2 Å². The maximum atomic E-state index is 13.9. The van der Waals surface area contributed by atoms with Gasteiger partial charge in [-0.3, -0.25) is 4.99 Å². The Kier molecular flexibility index (Phi) is 10.6. The van der Waals surface area contributed by atoms with Gasteiger partial charge in [0.05, 0.1) is 0 Å². The molecule has 5 nitrogen and oxygen atoms in total. The molecule has 2 unspecified atom stereocenters. The van der Waals surface area contributed by atoms with Crippen molar-refractivity contribution in [2.75, 3.05) is 39.5 Å². The van der Waals surface area contributed by atoms with E-state index in [9.17, 15) is 8.78 Å². The fraction of sp³-hybridized carbons (Fsp3) is 0.667. The molecule has 1 aliphatic carbocycles. The van der Waals surface area contributed by atoms with Crippen LogP contribution >= 0.6 is 24.0 Å². The van der Waals surface area contributed by atoms with E-state index in [-0.39, 0.29) is 41.5 Å². The van der Waals surface area contributed by atoms with Crippen LogP contribution in [0.25, 0.3) is 0 Å². The largest absolute Gasteiger partial charge is 0.381 e. The summed E-state index contributed by atoms with van der Waals surface area (Å²) in [4.78, 5) is 4.56. The van der Waals surface area contributed by atoms with Crippen LogP contribution in [-0.4, -0.2) is 51.5 Å². The van der Waals surface area contributed by atoms with Gasteiger partial charge in [0.15, 0.2) is 5.96 Å². The van der Waals surface area contributed by atoms with Gasteiger partial charge < -0.3 is 20.1 Å². The Labute approximate surface area is 189 Å². The van der Waals surface area contributed by atoms with E-state index in [1.165, 1.54) is 18.2 Å². The topological polar surface area (TPSA) is 54.9 Å². The van der Waals surface area contributed by atoms with E-state index in [1.807, 2.05) is 6.92 Å². The number of hydrogen-bond donors (Lipinski definition) is 2. The average Bonchev–Trinajstić information content (AvgIpc) is 3.44. The Morgan fingerprint density at radius 1 is 1.24 bits per heavy atom. The van der Waals surface area contributed by atoms with Crippen molar-refractivity contribution >= 4 is 29.9 Å². The molecule has 1 aliphatic heterocycles. The maximum Gasteiger partial charge on any atom is 0.191 e. The van der Waals surface area contributed by atoms with E-state index in [1.54, 1.807) is 0 Å². The molecule has 1 aromatic carbocycles. The number of nitrogens with zero attached hydrogens (tertiary/aromatic N) is 1. The van der Waals surface area contributed by atoms with Crippen LogP contribution in [0.3, 0.4) is 0 Å². The van der Waals surface area contributed by atoms with Crippen LogP contribution in [0.5, 0.6) is 0 Å². The highest BCUT2D eigenvalue weighted by Crippen LogP contribution is 2.43. The first-order chi connectivity index (χ1) is 13.7. The van der Waals surface area contributed by atoms with Crippen molar-refractivity contribution in [1.29, 1.82) is 0 Å². The molecular formula is C21H32F2IN3O2. The molecule has 0 spiro atoms. The molecule has 164 valence electrons. The molecule has 1 aromatic rings. The molecule has 2 aliphatic rings. The molecule has 0 radical (unpaired) electrons. The highest BCUT2D eigenvalue weighted by molar-refractivity contribution is 14.0. The fourth-order valence-corrected chi connectivity index (χ4v) is 3.55. The molecule has 29 heavy (non-hydrogen) atoms. The standard InChI is InChI=1S/C21H31F2N3O2.HI/c1-2-24-21(25-9-4-10-28-14-15-7-11-27-12-8-15)26-19-13-16(19)20-17(22)5-3-6-18(20)23;/h3,5-6,15-16,19H,2,4,7-14H2,1H3,(H2,24,25,26);1H. The molecule has 2 fully saturated rings. The number of nitrogens with one attached hydrogen (secondary N) is 2. The van der Waals surface area contributed by atoms with Crippen LogP contribution in [0.4, 0.5) is 8.78 Å². The molecule has 0 bridgehead atoms. The Morgan fingerprint density at radius 2 is 1.97 bits per heavy atom. The minimum atomic E-state index is -0.474. The van der Waals surface area contributed by atoms with Gasteiger partial charge in [-0.1, -0.05) is 6.07 Å². The second-order valence-electron chi connectivity index (χ2n) is 7.47. The number of ether oxygens (including phenoxy) is 2. The minimum Gasteiger partial charge on any atom is -0.381 e. The number of rotatable bonds is 9. The third-order valence-corrected chi connectivity index (χ3v) is 5.24. The van der Waals surface area contributed by atoms with Gasteiger partial charge in [0, 0.05) is 57.0 Å². The zero-order valence-corrected chi connectivity index (χ0v) is 19.3. The van der Waals surface area contributed by atoms with Gasteiger partial charge in [0.2, 0.25) is 0 Å². The number of aliphatic imine (C=N–C) groups is 1. The lowest BCUT2D eigenvalue weighted by atomic mass is 10.0. The number of benzene rings is 1. The number of guanidine groups is 1. The lowest BCUT2D eigenvalue weighted by molar-refractivity contribution is 0.0205. The van der Waals surface area contributed by atoms with Crippen LogP contribution in [-0.2, 0) is 9.47 Å². The molecular weight excluding hydrogens is 491 g/mol. The van der Waals surface area contributed by atoms with Gasteiger partial charge in [-0.2, -0.15) is 0 Å². The van der Waals surface area contributed by atoms with Gasteiger partial charge in [0.25, 0.3) is 0 Å². The molecule has 3 rings (SSSR count). The minimum absolute atomic E-state index is 0. The van der Waals surface area contributed by atoms with E-state index in [2.05, 4.69) is 15.6 Å². The van der Waals surface area contributed by atoms with Crippen molar-refractivity contribution in [3.63, 3.8) is 0 Å². The lowest BCUT2D eigenvalue weighted by Gasteiger charge is -2.21. The summed E-state index contributed by atoms with van der Waals surface area (Å²) < 4.78 is 39.0. The molecule has 0 amide bonds. The second-order valence-corrected chi connectivity index (χ2v) is 7.47. The van der Waals surface area contributed by atoms with E-state index in [0.717, 1.165) is 45.6 Å². The van der Waals surface area contributed by atoms with E-state index < -0.39 is 11.6 Å². The normalized spacial score (nSPS) is 22.1. The third kappa shape index (κ3) is 7.64. The highest BCUT2D eigenvalue weighted by Gasteiger charge is 2.42. The van der Waals surface area contributed by atoms with Crippen LogP contribution in [0.2, 0.25) is 0 Å². The molecule has 2 N–H and O–H groups in total. The van der Waals surface area contributed by atoms with E-state index >= 15 is 0 Å². The van der Waals surface area contributed by atoms with Gasteiger partial charge in [0.1, 0.15) is 11.6 Å². The smallest absolute Gasteiger partial charge is 0.191 e. The van der Waals surface area contributed by atoms with Crippen molar-refractivity contribution in [3.05, 3.63) is 35.4 Å². The number of halogens is 3. The summed E-state index contributed by atoms with van der Waals surface area (Å²) in [5, 5.41) is 6.48. The SMILES string of the molecule is CCNC(=NCCCOCC1CCOCC1)NC1CC1c1c(F)cccc1F.I. The molecule has 2 atom stereocenters. The molecule has 1 heterocycles. The average molecular weight is 523 g/mol. The van der Waals surface area contributed by atoms with Crippen molar-refractivity contribution < 1.29 is 18.3 Å². The Bertz CT molecular complexity index is 637. The predicted octanol–water partition coefficient (Wildman–Crippen LogP) is 3.83. The predicted molar refractivity (Wildman–Crippen MR) is 121 cm³/mol. The third-order valence-electron chi connectivity index (χ3n) is 5.24. The highest BCUT2D eigenvalue weighted by atomic mass is 127. The fourth-order valence-electron chi connectivity index (χ4n) is 3.55. The summed E-state index contributed by atoms with van der Waals surface area (Å²) in [6.45, 7) is 6.54. The van der Waals surface area contributed by atoms with Crippen molar-refractivity contribution in [1.82, 2.24) is 10.6 Å². The van der Waals surface area contributed by atoms with Crippen molar-refractivity contribution in [2.24, 2.45) is 10.9 Å². The van der Waals surface area contributed by atoms with Gasteiger partial charge in [-0.05, 0) is 50.7 Å². The van der Waals surface area contributed by atoms with E-state index in [0.29, 0.717) is 31.4 Å². The monoisotopic (exact) mass is 523 g/mol. The summed E-state index contributed by atoms with van der Waals surface area (Å²) in [5.74, 6) is 0.210. The van der Waals surface area contributed by atoms with Gasteiger partial charge in [-0.15, -0.1) is 24.0 Å². The van der Waals surface area contributed by atoms with Crippen LogP contribution in [0.1, 0.15) is 44.1 Å². The van der Waals surface area contributed by atoms with Crippen molar-refractivity contribution in [2.45, 2.75) is 44.6 Å². The first kappa shape index (κ1) is 24.3. The summed E-state index contributed by atoms with van der Waals surface area (Å²) in [6.07, 6.45) is 3.71. The van der Waals surface area contributed by atoms with Crippen LogP contribution in [0, 0.1) is 17.6 Å². The molecule has 0 aromatic heterocycles. The zero-order valence-electron chi connectivity index (χ0n) is 17.0. The molecule has 8 heteroatoms. The molecule has 1 saturated carbocycles. The van der Waals surface area contributed by atoms with Crippen molar-refractivity contribution in [3.8, 4) is 0 Å². The summed E-state index contributed by atoms with van der Waals surface area (Å²) in [6, 6.07) is 4.03. The lowest BCUT2D eigenvalue weighted by Crippen LogP contribution is -2.39. The maximum absolute atomic E-state index is 13.9. The Balaban J connectivity index is 0.00000300. The summed E-state index contributed by atoms with van der Waals surface area (Å²) in [5.41, 5.74) is 0.178.